The lowest BCUT2D eigenvalue weighted by atomic mass is 9.81. The van der Waals surface area contributed by atoms with Crippen LogP contribution in [0.4, 0.5) is 0 Å². The Kier molecular flexibility index (Phi) is 5.33. The number of ketones is 1. The number of amides is 2. The monoisotopic (exact) mass is 406 g/mol. The Hall–Kier alpha value is -1.92. The highest BCUT2D eigenvalue weighted by Gasteiger charge is 2.69. The molecule has 2 amide bonds. The molecule has 1 saturated heterocycles. The first kappa shape index (κ1) is 21.8. The third-order valence-electron chi connectivity index (χ3n) is 7.54. The average Bonchev–Trinajstić information content (AvgIpc) is 3.45. The number of rotatable bonds is 7. The summed E-state index contributed by atoms with van der Waals surface area (Å²) in [6.45, 7) is 12.6. The number of hydrogen-bond donors (Lipinski definition) is 2. The van der Waals surface area contributed by atoms with Crippen molar-refractivity contribution in [2.75, 3.05) is 6.54 Å². The van der Waals surface area contributed by atoms with Gasteiger partial charge in [0.25, 0.3) is 5.78 Å². The maximum absolute atomic E-state index is 13.2. The zero-order chi connectivity index (χ0) is 21.9. The predicted molar refractivity (Wildman–Crippen MR) is 107 cm³/mol. The summed E-state index contributed by atoms with van der Waals surface area (Å²) in [7, 11) is 0. The van der Waals surface area contributed by atoms with E-state index in [1.807, 2.05) is 27.7 Å². The third kappa shape index (κ3) is 4.05. The van der Waals surface area contributed by atoms with Gasteiger partial charge in [0.2, 0.25) is 11.8 Å². The topological polar surface area (TPSA) is 104 Å². The van der Waals surface area contributed by atoms with Crippen LogP contribution in [0.5, 0.6) is 0 Å². The minimum atomic E-state index is -1.53. The van der Waals surface area contributed by atoms with Gasteiger partial charge in [-0.1, -0.05) is 54.4 Å². The molecule has 2 N–H and O–H groups in total. The minimum absolute atomic E-state index is 0.0352. The number of hydrogen-bond acceptors (Lipinski definition) is 4. The molecule has 0 aromatic rings. The number of carbonyl (C=O) groups excluding carboxylic acids is 3. The molecule has 0 aromatic heterocycles. The number of Topliss-reactive ketones (excluding diaryl/α,β-unsaturated/α-hetero) is 1. The van der Waals surface area contributed by atoms with Crippen LogP contribution in [0.1, 0.15) is 60.8 Å². The van der Waals surface area contributed by atoms with Gasteiger partial charge in [-0.05, 0) is 35.0 Å². The van der Waals surface area contributed by atoms with Crippen molar-refractivity contribution in [3.05, 3.63) is 0 Å². The van der Waals surface area contributed by atoms with Crippen molar-refractivity contribution in [3.63, 3.8) is 0 Å². The lowest BCUT2D eigenvalue weighted by molar-refractivity contribution is -0.151. The van der Waals surface area contributed by atoms with E-state index in [2.05, 4.69) is 19.2 Å². The summed E-state index contributed by atoms with van der Waals surface area (Å²) in [4.78, 5) is 51.5. The SMILES string of the molecule is CC(C(=O)N1C[C@H]2[C@@H]([C@H]1C(=O)NC(CC1CC1)C(=O)C(=O)O)C2(C)C)C(C)(C)C. The van der Waals surface area contributed by atoms with Crippen LogP contribution in [0.15, 0.2) is 0 Å². The molecule has 7 nitrogen and oxygen atoms in total. The molecule has 2 saturated carbocycles. The first-order valence-corrected chi connectivity index (χ1v) is 10.6. The molecule has 2 aliphatic carbocycles. The Morgan fingerprint density at radius 2 is 1.76 bits per heavy atom. The van der Waals surface area contributed by atoms with E-state index in [0.717, 1.165) is 12.8 Å². The lowest BCUT2D eigenvalue weighted by Gasteiger charge is -2.36. The Bertz CT molecular complexity index is 734. The van der Waals surface area contributed by atoms with Crippen molar-refractivity contribution >= 4 is 23.6 Å². The summed E-state index contributed by atoms with van der Waals surface area (Å²) in [5.74, 6) is -2.61. The predicted octanol–water partition coefficient (Wildman–Crippen LogP) is 2.09. The average molecular weight is 407 g/mol. The van der Waals surface area contributed by atoms with Gasteiger partial charge in [0.1, 0.15) is 6.04 Å². The van der Waals surface area contributed by atoms with E-state index in [4.69, 9.17) is 5.11 Å². The van der Waals surface area contributed by atoms with Crippen LogP contribution in [-0.2, 0) is 19.2 Å². The van der Waals surface area contributed by atoms with Crippen LogP contribution in [0.2, 0.25) is 0 Å². The molecule has 29 heavy (non-hydrogen) atoms. The fourth-order valence-electron chi connectivity index (χ4n) is 4.76. The van der Waals surface area contributed by atoms with E-state index in [0.29, 0.717) is 13.0 Å². The number of likely N-dealkylation sites (tertiary alicyclic amines) is 1. The van der Waals surface area contributed by atoms with Crippen molar-refractivity contribution in [3.8, 4) is 0 Å². The second-order valence-electron chi connectivity index (χ2n) is 10.9. The number of carboxylic acids is 1. The van der Waals surface area contributed by atoms with Crippen LogP contribution in [0.25, 0.3) is 0 Å². The molecule has 162 valence electrons. The van der Waals surface area contributed by atoms with Crippen molar-refractivity contribution in [1.29, 1.82) is 0 Å². The fourth-order valence-corrected chi connectivity index (χ4v) is 4.76. The van der Waals surface area contributed by atoms with Gasteiger partial charge < -0.3 is 15.3 Å². The molecule has 0 aromatic carbocycles. The highest BCUT2D eigenvalue weighted by atomic mass is 16.4. The molecule has 0 spiro atoms. The molecule has 3 aliphatic rings. The largest absolute Gasteiger partial charge is 0.475 e. The van der Waals surface area contributed by atoms with Crippen molar-refractivity contribution in [2.24, 2.45) is 34.5 Å². The van der Waals surface area contributed by atoms with E-state index < -0.39 is 29.7 Å². The fraction of sp³-hybridized carbons (Fsp3) is 0.818. The molecule has 5 atom stereocenters. The Morgan fingerprint density at radius 1 is 1.17 bits per heavy atom. The Balaban J connectivity index is 1.79. The zero-order valence-electron chi connectivity index (χ0n) is 18.3. The number of fused-ring (bicyclic) bond motifs is 1. The van der Waals surface area contributed by atoms with Gasteiger partial charge in [-0.15, -0.1) is 0 Å². The summed E-state index contributed by atoms with van der Waals surface area (Å²) in [6.07, 6.45) is 2.26. The van der Waals surface area contributed by atoms with Gasteiger partial charge in [0.05, 0.1) is 6.04 Å². The van der Waals surface area contributed by atoms with Gasteiger partial charge in [-0.3, -0.25) is 14.4 Å². The molecular formula is C22H34N2O5. The molecule has 3 fully saturated rings. The standard InChI is InChI=1S/C22H34N2O5/c1-11(21(2,3)4)19(27)24-10-13-15(22(13,5)6)16(24)18(26)23-14(9-12-7-8-12)17(25)20(28)29/h11-16H,7-10H2,1-6H3,(H,23,26)(H,28,29)/t11?,13-,14?,15-,16-/m0/s1. The summed E-state index contributed by atoms with van der Waals surface area (Å²) < 4.78 is 0. The quantitative estimate of drug-likeness (QED) is 0.630. The lowest BCUT2D eigenvalue weighted by Crippen LogP contribution is -2.55. The van der Waals surface area contributed by atoms with Crippen LogP contribution in [-0.4, -0.2) is 52.2 Å². The molecule has 0 bridgehead atoms. The van der Waals surface area contributed by atoms with E-state index in [1.54, 1.807) is 4.90 Å². The molecule has 2 unspecified atom stereocenters. The van der Waals surface area contributed by atoms with E-state index in [9.17, 15) is 19.2 Å². The summed E-state index contributed by atoms with van der Waals surface area (Å²) in [6, 6.07) is -1.67. The third-order valence-corrected chi connectivity index (χ3v) is 7.54. The maximum atomic E-state index is 13.2. The van der Waals surface area contributed by atoms with E-state index >= 15 is 0 Å². The normalized spacial score (nSPS) is 29.6. The van der Waals surface area contributed by atoms with Gasteiger partial charge in [-0.2, -0.15) is 0 Å². The Morgan fingerprint density at radius 3 is 2.24 bits per heavy atom. The van der Waals surface area contributed by atoms with Crippen molar-refractivity contribution in [2.45, 2.75) is 72.9 Å². The summed E-state index contributed by atoms with van der Waals surface area (Å²) in [5, 5.41) is 11.9. The molecule has 1 aliphatic heterocycles. The second kappa shape index (κ2) is 7.10. The number of carbonyl (C=O) groups is 4. The number of carboxylic acid groups (broad SMARTS) is 1. The molecule has 7 heteroatoms. The minimum Gasteiger partial charge on any atom is -0.475 e. The first-order chi connectivity index (χ1) is 13.3. The summed E-state index contributed by atoms with van der Waals surface area (Å²) >= 11 is 0. The maximum Gasteiger partial charge on any atom is 0.374 e. The highest BCUT2D eigenvalue weighted by molar-refractivity contribution is 6.35. The number of nitrogens with one attached hydrogen (secondary N) is 1. The van der Waals surface area contributed by atoms with Crippen LogP contribution < -0.4 is 5.32 Å². The molecule has 0 radical (unpaired) electrons. The molecule has 1 heterocycles. The van der Waals surface area contributed by atoms with Gasteiger partial charge >= 0.3 is 5.97 Å². The van der Waals surface area contributed by atoms with Crippen molar-refractivity contribution < 1.29 is 24.3 Å². The smallest absolute Gasteiger partial charge is 0.374 e. The zero-order valence-corrected chi connectivity index (χ0v) is 18.3. The Labute approximate surface area is 172 Å². The molecular weight excluding hydrogens is 372 g/mol. The number of aliphatic carboxylic acids is 1. The van der Waals surface area contributed by atoms with E-state index in [-0.39, 0.29) is 40.4 Å². The van der Waals surface area contributed by atoms with E-state index in [1.165, 1.54) is 0 Å². The van der Waals surface area contributed by atoms with Gasteiger partial charge in [-0.25, -0.2) is 4.79 Å². The van der Waals surface area contributed by atoms with Crippen LogP contribution in [0, 0.1) is 34.5 Å². The molecule has 3 rings (SSSR count). The number of nitrogens with zero attached hydrogens (tertiary/aromatic N) is 1. The first-order valence-electron chi connectivity index (χ1n) is 10.6. The van der Waals surface area contributed by atoms with Crippen LogP contribution in [0.3, 0.4) is 0 Å². The number of piperidine rings is 1. The van der Waals surface area contributed by atoms with Crippen molar-refractivity contribution in [1.82, 2.24) is 10.2 Å². The highest BCUT2D eigenvalue weighted by Crippen LogP contribution is 2.65. The summed E-state index contributed by atoms with van der Waals surface area (Å²) in [5.41, 5.74) is -0.263. The second-order valence-corrected chi connectivity index (χ2v) is 10.9. The van der Waals surface area contributed by atoms with Crippen LogP contribution >= 0.6 is 0 Å². The van der Waals surface area contributed by atoms with Gasteiger partial charge in [0.15, 0.2) is 0 Å². The van der Waals surface area contributed by atoms with Gasteiger partial charge in [0, 0.05) is 12.5 Å².